The molecule has 21 heavy (non-hydrogen) atoms. The van der Waals surface area contributed by atoms with E-state index in [1.165, 1.54) is 51.4 Å². The molecule has 4 saturated carbocycles. The highest BCUT2D eigenvalue weighted by Crippen LogP contribution is 2.66. The van der Waals surface area contributed by atoms with Crippen molar-refractivity contribution in [1.82, 2.24) is 0 Å². The monoisotopic (exact) mass is 290 g/mol. The Morgan fingerprint density at radius 3 is 2.33 bits per heavy atom. The summed E-state index contributed by atoms with van der Waals surface area (Å²) in [6, 6.07) is 0. The van der Waals surface area contributed by atoms with E-state index in [0.717, 1.165) is 36.0 Å². The number of fused-ring (bicyclic) bond motifs is 5. The summed E-state index contributed by atoms with van der Waals surface area (Å²) in [6.45, 7) is 7.52. The van der Waals surface area contributed by atoms with Crippen LogP contribution in [-0.2, 0) is 0 Å². The van der Waals surface area contributed by atoms with E-state index in [1.54, 1.807) is 0 Å². The molecular weight excluding hydrogens is 256 g/mol. The third kappa shape index (κ3) is 1.92. The molecule has 8 atom stereocenters. The molecule has 0 heterocycles. The Morgan fingerprint density at radius 2 is 1.52 bits per heavy atom. The van der Waals surface area contributed by atoms with Crippen molar-refractivity contribution in [3.63, 3.8) is 0 Å². The quantitative estimate of drug-likeness (QED) is 0.663. The van der Waals surface area contributed by atoms with Crippen molar-refractivity contribution in [2.45, 2.75) is 84.7 Å². The summed E-state index contributed by atoms with van der Waals surface area (Å²) >= 11 is 0. The van der Waals surface area contributed by atoms with Gasteiger partial charge in [0, 0.05) is 0 Å². The SMILES string of the molecule is CC1CCC2(C)C(CCC3C2CC[C@]2(C)C(O)CCC32)C1. The summed E-state index contributed by atoms with van der Waals surface area (Å²) in [7, 11) is 0. The lowest BCUT2D eigenvalue weighted by Crippen LogP contribution is -2.53. The molecule has 4 rings (SSSR count). The van der Waals surface area contributed by atoms with Crippen molar-refractivity contribution in [1.29, 1.82) is 0 Å². The Hall–Kier alpha value is -0.0400. The molecule has 4 fully saturated rings. The van der Waals surface area contributed by atoms with E-state index in [4.69, 9.17) is 0 Å². The van der Waals surface area contributed by atoms with E-state index in [2.05, 4.69) is 20.8 Å². The van der Waals surface area contributed by atoms with E-state index in [9.17, 15) is 5.11 Å². The molecule has 1 heteroatoms. The van der Waals surface area contributed by atoms with Crippen molar-refractivity contribution in [3.05, 3.63) is 0 Å². The van der Waals surface area contributed by atoms with Crippen LogP contribution in [-0.4, -0.2) is 11.2 Å². The fourth-order valence-electron chi connectivity index (χ4n) is 7.44. The summed E-state index contributed by atoms with van der Waals surface area (Å²) < 4.78 is 0. The molecule has 0 spiro atoms. The second-order valence-electron chi connectivity index (χ2n) is 9.67. The smallest absolute Gasteiger partial charge is 0.0596 e. The van der Waals surface area contributed by atoms with Gasteiger partial charge in [0.2, 0.25) is 0 Å². The van der Waals surface area contributed by atoms with Gasteiger partial charge in [-0.05, 0) is 91.8 Å². The van der Waals surface area contributed by atoms with E-state index >= 15 is 0 Å². The van der Waals surface area contributed by atoms with Gasteiger partial charge in [0.25, 0.3) is 0 Å². The molecule has 0 saturated heterocycles. The van der Waals surface area contributed by atoms with Gasteiger partial charge in [0.05, 0.1) is 6.10 Å². The topological polar surface area (TPSA) is 20.2 Å². The molecule has 0 aromatic heterocycles. The molecule has 0 radical (unpaired) electrons. The van der Waals surface area contributed by atoms with Crippen LogP contribution in [0.4, 0.5) is 0 Å². The van der Waals surface area contributed by atoms with Gasteiger partial charge in [-0.1, -0.05) is 27.2 Å². The Kier molecular flexibility index (Phi) is 3.27. The Bertz CT molecular complexity index is 418. The minimum absolute atomic E-state index is 0.0136. The van der Waals surface area contributed by atoms with Gasteiger partial charge in [-0.3, -0.25) is 0 Å². The molecule has 4 aliphatic rings. The fourth-order valence-corrected chi connectivity index (χ4v) is 7.44. The third-order valence-electron chi connectivity index (χ3n) is 8.88. The largest absolute Gasteiger partial charge is 0.393 e. The molecule has 0 bridgehead atoms. The predicted octanol–water partition coefficient (Wildman–Crippen LogP) is 5.03. The number of aliphatic hydroxyl groups excluding tert-OH is 1. The van der Waals surface area contributed by atoms with E-state index in [0.29, 0.717) is 5.41 Å². The lowest BCUT2D eigenvalue weighted by atomic mass is 9.44. The van der Waals surface area contributed by atoms with Gasteiger partial charge in [0.1, 0.15) is 0 Å². The number of rotatable bonds is 0. The maximum atomic E-state index is 10.5. The first-order valence-corrected chi connectivity index (χ1v) is 9.63. The fraction of sp³-hybridized carbons (Fsp3) is 1.00. The first-order valence-electron chi connectivity index (χ1n) is 9.63. The van der Waals surface area contributed by atoms with Gasteiger partial charge in [-0.15, -0.1) is 0 Å². The molecule has 1 N–H and O–H groups in total. The summed E-state index contributed by atoms with van der Waals surface area (Å²) in [5, 5.41) is 10.5. The van der Waals surface area contributed by atoms with Crippen LogP contribution >= 0.6 is 0 Å². The average molecular weight is 290 g/mol. The molecule has 120 valence electrons. The predicted molar refractivity (Wildman–Crippen MR) is 86.9 cm³/mol. The number of hydrogen-bond donors (Lipinski definition) is 1. The van der Waals surface area contributed by atoms with E-state index in [-0.39, 0.29) is 11.5 Å². The van der Waals surface area contributed by atoms with Gasteiger partial charge >= 0.3 is 0 Å². The zero-order chi connectivity index (χ0) is 14.8. The first-order chi connectivity index (χ1) is 9.95. The molecule has 0 aromatic rings. The van der Waals surface area contributed by atoms with Crippen LogP contribution in [0.3, 0.4) is 0 Å². The van der Waals surface area contributed by atoms with Gasteiger partial charge in [-0.2, -0.15) is 0 Å². The standard InChI is InChI=1S/C20H34O/c1-13-8-10-19(2)14(12-13)4-5-15-16-6-7-18(21)20(16,3)11-9-17(15)19/h13-18,21H,4-12H2,1-3H3/t13?,14?,15?,16?,17?,18?,19?,20-/m0/s1. The highest BCUT2D eigenvalue weighted by Gasteiger charge is 2.59. The summed E-state index contributed by atoms with van der Waals surface area (Å²) in [5.41, 5.74) is 0.886. The van der Waals surface area contributed by atoms with Gasteiger partial charge in [-0.25, -0.2) is 0 Å². The Morgan fingerprint density at radius 1 is 0.810 bits per heavy atom. The maximum absolute atomic E-state index is 10.5. The zero-order valence-electron chi connectivity index (χ0n) is 14.3. The van der Waals surface area contributed by atoms with Crippen LogP contribution in [0.2, 0.25) is 0 Å². The van der Waals surface area contributed by atoms with Crippen LogP contribution in [0.25, 0.3) is 0 Å². The maximum Gasteiger partial charge on any atom is 0.0596 e. The van der Waals surface area contributed by atoms with Crippen molar-refractivity contribution in [2.75, 3.05) is 0 Å². The second kappa shape index (κ2) is 4.73. The first kappa shape index (κ1) is 14.5. The highest BCUT2D eigenvalue weighted by atomic mass is 16.3. The molecular formula is C20H34O. The van der Waals surface area contributed by atoms with Crippen LogP contribution in [0.5, 0.6) is 0 Å². The lowest BCUT2D eigenvalue weighted by Gasteiger charge is -2.60. The van der Waals surface area contributed by atoms with Crippen LogP contribution in [0, 0.1) is 40.4 Å². The minimum atomic E-state index is -0.0136. The molecule has 7 unspecified atom stereocenters. The van der Waals surface area contributed by atoms with Crippen LogP contribution in [0.15, 0.2) is 0 Å². The Labute approximate surface area is 130 Å². The van der Waals surface area contributed by atoms with Gasteiger partial charge < -0.3 is 5.11 Å². The molecule has 4 aliphatic carbocycles. The van der Waals surface area contributed by atoms with E-state index < -0.39 is 0 Å². The lowest BCUT2D eigenvalue weighted by molar-refractivity contribution is -0.125. The summed E-state index contributed by atoms with van der Waals surface area (Å²) in [4.78, 5) is 0. The molecule has 0 amide bonds. The second-order valence-corrected chi connectivity index (χ2v) is 9.67. The number of hydrogen-bond acceptors (Lipinski definition) is 1. The average Bonchev–Trinajstić information content (AvgIpc) is 2.76. The van der Waals surface area contributed by atoms with Crippen molar-refractivity contribution in [2.24, 2.45) is 40.4 Å². The van der Waals surface area contributed by atoms with Crippen molar-refractivity contribution < 1.29 is 5.11 Å². The Balaban J connectivity index is 1.62. The van der Waals surface area contributed by atoms with E-state index in [1.807, 2.05) is 0 Å². The van der Waals surface area contributed by atoms with Crippen LogP contribution < -0.4 is 0 Å². The number of aliphatic hydroxyl groups is 1. The molecule has 0 aliphatic heterocycles. The highest BCUT2D eigenvalue weighted by molar-refractivity contribution is 5.09. The van der Waals surface area contributed by atoms with Crippen LogP contribution in [0.1, 0.15) is 78.6 Å². The molecule has 0 aromatic carbocycles. The van der Waals surface area contributed by atoms with Crippen molar-refractivity contribution in [3.8, 4) is 0 Å². The normalized spacial score (nSPS) is 60.0. The van der Waals surface area contributed by atoms with Crippen molar-refractivity contribution >= 4 is 0 Å². The third-order valence-corrected chi connectivity index (χ3v) is 8.88. The van der Waals surface area contributed by atoms with Gasteiger partial charge in [0.15, 0.2) is 0 Å². The molecule has 1 nitrogen and oxygen atoms in total. The minimum Gasteiger partial charge on any atom is -0.393 e. The zero-order valence-corrected chi connectivity index (χ0v) is 14.3. The summed E-state index contributed by atoms with van der Waals surface area (Å²) in [5.74, 6) is 4.67. The summed E-state index contributed by atoms with van der Waals surface area (Å²) in [6.07, 6.45) is 12.4.